The van der Waals surface area contributed by atoms with Gasteiger partial charge in [0.25, 0.3) is 5.09 Å². The first-order valence-corrected chi connectivity index (χ1v) is 6.35. The fraction of sp³-hybridized carbons (Fsp3) is 0.200. The van der Waals surface area contributed by atoms with Crippen LogP contribution in [-0.2, 0) is 11.3 Å². The molecule has 0 aliphatic carbocycles. The van der Waals surface area contributed by atoms with Gasteiger partial charge in [-0.1, -0.05) is 24.3 Å². The maximum absolute atomic E-state index is 12.9. The molecule has 0 bridgehead atoms. The largest absolute Gasteiger partial charge is 0.306 e. The highest BCUT2D eigenvalue weighted by molar-refractivity contribution is 5.20. The van der Waals surface area contributed by atoms with E-state index in [0.29, 0.717) is 18.4 Å². The Morgan fingerprint density at radius 1 is 1.00 bits per heavy atom. The van der Waals surface area contributed by atoms with Gasteiger partial charge in [0.05, 0.1) is 0 Å². The van der Waals surface area contributed by atoms with Crippen LogP contribution in [-0.4, -0.2) is 5.09 Å². The van der Waals surface area contributed by atoms with E-state index in [0.717, 1.165) is 5.56 Å². The van der Waals surface area contributed by atoms with Gasteiger partial charge >= 0.3 is 0 Å². The van der Waals surface area contributed by atoms with Crippen molar-refractivity contribution >= 4 is 0 Å². The smallest absolute Gasteiger partial charge is 0.295 e. The number of hydrogen-bond donors (Lipinski definition) is 0. The monoisotopic (exact) mass is 293 g/mol. The fourth-order valence-corrected chi connectivity index (χ4v) is 2.01. The van der Waals surface area contributed by atoms with Crippen LogP contribution in [0.5, 0.6) is 0 Å². The Morgan fingerprint density at radius 3 is 2.05 bits per heavy atom. The van der Waals surface area contributed by atoms with Crippen LogP contribution in [0, 0.1) is 21.7 Å². The third-order valence-corrected chi connectivity index (χ3v) is 3.06. The van der Waals surface area contributed by atoms with Crippen LogP contribution < -0.4 is 0 Å². The summed E-state index contributed by atoms with van der Waals surface area (Å²) in [5.41, 5.74) is 1.37. The molecule has 0 aromatic heterocycles. The summed E-state index contributed by atoms with van der Waals surface area (Å²) in [7, 11) is 0. The Labute approximate surface area is 120 Å². The van der Waals surface area contributed by atoms with E-state index in [9.17, 15) is 18.9 Å². The van der Waals surface area contributed by atoms with E-state index in [1.54, 1.807) is 12.1 Å². The van der Waals surface area contributed by atoms with Gasteiger partial charge in [0.15, 0.2) is 0 Å². The molecule has 0 aliphatic heterocycles. The lowest BCUT2D eigenvalue weighted by molar-refractivity contribution is -0.771. The summed E-state index contributed by atoms with van der Waals surface area (Å²) < 4.78 is 25.7. The average molecular weight is 293 g/mol. The second kappa shape index (κ2) is 6.78. The first kappa shape index (κ1) is 14.9. The maximum Gasteiger partial charge on any atom is 0.295 e. The molecular weight excluding hydrogens is 280 g/mol. The molecule has 0 amide bonds. The molecule has 0 spiro atoms. The molecule has 0 heterocycles. The van der Waals surface area contributed by atoms with Gasteiger partial charge < -0.3 is 4.84 Å². The molecule has 0 aliphatic rings. The van der Waals surface area contributed by atoms with Crippen LogP contribution in [0.25, 0.3) is 0 Å². The van der Waals surface area contributed by atoms with Crippen LogP contribution in [0.15, 0.2) is 48.5 Å². The minimum Gasteiger partial charge on any atom is -0.306 e. The van der Waals surface area contributed by atoms with Crippen molar-refractivity contribution in [2.45, 2.75) is 18.9 Å². The highest BCUT2D eigenvalue weighted by Crippen LogP contribution is 2.23. The molecule has 0 saturated heterocycles. The zero-order valence-corrected chi connectivity index (χ0v) is 11.0. The summed E-state index contributed by atoms with van der Waals surface area (Å²) in [4.78, 5) is 15.2. The van der Waals surface area contributed by atoms with Crippen molar-refractivity contribution < 1.29 is 18.7 Å². The SMILES string of the molecule is O=[N+]([O-])OC(CCc1ccc(F)cc1)c1ccc(F)cc1. The summed E-state index contributed by atoms with van der Waals surface area (Å²) in [6, 6.07) is 11.2. The Kier molecular flexibility index (Phi) is 4.81. The van der Waals surface area contributed by atoms with Gasteiger partial charge in [-0.25, -0.2) is 8.78 Å². The third kappa shape index (κ3) is 4.52. The highest BCUT2D eigenvalue weighted by atomic mass is 19.1. The topological polar surface area (TPSA) is 52.4 Å². The zero-order chi connectivity index (χ0) is 15.2. The van der Waals surface area contributed by atoms with E-state index in [2.05, 4.69) is 4.84 Å². The van der Waals surface area contributed by atoms with Gasteiger partial charge in [-0.2, -0.15) is 0 Å². The molecule has 6 heteroatoms. The van der Waals surface area contributed by atoms with Gasteiger partial charge in [0.2, 0.25) is 0 Å². The Balaban J connectivity index is 2.07. The molecule has 2 rings (SSSR count). The number of rotatable bonds is 6. The summed E-state index contributed by atoms with van der Waals surface area (Å²) in [5.74, 6) is -0.757. The maximum atomic E-state index is 12.9. The number of nitrogens with zero attached hydrogens (tertiary/aromatic N) is 1. The normalized spacial score (nSPS) is 11.9. The molecule has 110 valence electrons. The van der Waals surface area contributed by atoms with Gasteiger partial charge in [-0.15, -0.1) is 10.1 Å². The molecule has 4 nitrogen and oxygen atoms in total. The molecule has 2 aromatic rings. The van der Waals surface area contributed by atoms with E-state index in [4.69, 9.17) is 0 Å². The molecule has 0 fully saturated rings. The van der Waals surface area contributed by atoms with E-state index in [1.807, 2.05) is 0 Å². The summed E-state index contributed by atoms with van der Waals surface area (Å²) in [6.07, 6.45) is 0.0275. The predicted octanol–water partition coefficient (Wildman–Crippen LogP) is 3.85. The summed E-state index contributed by atoms with van der Waals surface area (Å²) >= 11 is 0. The molecule has 1 atom stereocenters. The predicted molar refractivity (Wildman–Crippen MR) is 71.9 cm³/mol. The highest BCUT2D eigenvalue weighted by Gasteiger charge is 2.16. The van der Waals surface area contributed by atoms with Crippen molar-refractivity contribution in [1.29, 1.82) is 0 Å². The van der Waals surface area contributed by atoms with Crippen LogP contribution >= 0.6 is 0 Å². The number of aryl methyl sites for hydroxylation is 1. The lowest BCUT2D eigenvalue weighted by Crippen LogP contribution is -2.11. The lowest BCUT2D eigenvalue weighted by Gasteiger charge is -2.15. The summed E-state index contributed by atoms with van der Waals surface area (Å²) in [5, 5.41) is 9.70. The van der Waals surface area contributed by atoms with Crippen molar-refractivity contribution in [2.24, 2.45) is 0 Å². The number of benzene rings is 2. The fourth-order valence-electron chi connectivity index (χ4n) is 2.01. The van der Waals surface area contributed by atoms with Crippen molar-refractivity contribution in [2.75, 3.05) is 0 Å². The Morgan fingerprint density at radius 2 is 1.52 bits per heavy atom. The quantitative estimate of drug-likeness (QED) is 0.600. The molecule has 0 saturated carbocycles. The number of hydrogen-bond acceptors (Lipinski definition) is 3. The first-order chi connectivity index (χ1) is 10.0. The van der Waals surface area contributed by atoms with Crippen molar-refractivity contribution in [3.05, 3.63) is 81.4 Å². The van der Waals surface area contributed by atoms with Crippen molar-refractivity contribution in [3.8, 4) is 0 Å². The van der Waals surface area contributed by atoms with Crippen LogP contribution in [0.1, 0.15) is 23.7 Å². The van der Waals surface area contributed by atoms with Gasteiger partial charge in [0.1, 0.15) is 17.7 Å². The van der Waals surface area contributed by atoms with Crippen molar-refractivity contribution in [3.63, 3.8) is 0 Å². The third-order valence-electron chi connectivity index (χ3n) is 3.06. The lowest BCUT2D eigenvalue weighted by atomic mass is 10.0. The number of halogens is 2. The van der Waals surface area contributed by atoms with E-state index >= 15 is 0 Å². The second-order valence-corrected chi connectivity index (χ2v) is 4.53. The molecular formula is C15H13F2NO3. The first-order valence-electron chi connectivity index (χ1n) is 6.35. The van der Waals surface area contributed by atoms with Crippen molar-refractivity contribution in [1.82, 2.24) is 0 Å². The van der Waals surface area contributed by atoms with E-state index in [-0.39, 0.29) is 5.82 Å². The van der Waals surface area contributed by atoms with E-state index < -0.39 is 17.0 Å². The molecule has 2 aromatic carbocycles. The van der Waals surface area contributed by atoms with Gasteiger partial charge in [-0.05, 0) is 48.2 Å². The van der Waals surface area contributed by atoms with Crippen LogP contribution in [0.2, 0.25) is 0 Å². The standard InChI is InChI=1S/C15H13F2NO3/c16-13-6-1-11(2-7-13)3-10-15(21-18(19)20)12-4-8-14(17)9-5-12/h1-2,4-9,15H,3,10H2. The molecule has 21 heavy (non-hydrogen) atoms. The Bertz CT molecular complexity index is 599. The van der Waals surface area contributed by atoms with Gasteiger partial charge in [-0.3, -0.25) is 0 Å². The van der Waals surface area contributed by atoms with Crippen LogP contribution in [0.3, 0.4) is 0 Å². The molecule has 0 N–H and O–H groups in total. The van der Waals surface area contributed by atoms with Crippen LogP contribution in [0.4, 0.5) is 8.78 Å². The van der Waals surface area contributed by atoms with E-state index in [1.165, 1.54) is 36.4 Å². The minimum atomic E-state index is -0.862. The summed E-state index contributed by atoms with van der Waals surface area (Å²) in [6.45, 7) is 0. The Hall–Kier alpha value is -2.50. The van der Waals surface area contributed by atoms with Gasteiger partial charge in [0, 0.05) is 0 Å². The zero-order valence-electron chi connectivity index (χ0n) is 11.0. The average Bonchev–Trinajstić information content (AvgIpc) is 2.46. The molecule has 1 unspecified atom stereocenters. The molecule has 0 radical (unpaired) electrons. The second-order valence-electron chi connectivity index (χ2n) is 4.53. The minimum absolute atomic E-state index is 0.332.